The molecule has 1 aliphatic rings. The minimum atomic E-state index is -0.722. The van der Waals surface area contributed by atoms with Gasteiger partial charge in [-0.2, -0.15) is 5.10 Å². The Labute approximate surface area is 157 Å². The Morgan fingerprint density at radius 3 is 2.68 bits per heavy atom. The van der Waals surface area contributed by atoms with Gasteiger partial charge in [-0.05, 0) is 18.2 Å². The topological polar surface area (TPSA) is 121 Å². The third-order valence-electron chi connectivity index (χ3n) is 4.41. The van der Waals surface area contributed by atoms with Gasteiger partial charge in [0.25, 0.3) is 17.4 Å². The van der Waals surface area contributed by atoms with Crippen molar-refractivity contribution in [2.24, 2.45) is 7.05 Å². The van der Waals surface area contributed by atoms with Gasteiger partial charge in [-0.15, -0.1) is 0 Å². The second-order valence-corrected chi connectivity index (χ2v) is 6.12. The lowest BCUT2D eigenvalue weighted by Crippen LogP contribution is -2.24. The molecule has 10 heteroatoms. The number of carbonyl (C=O) groups excluding carboxylic acids is 2. The van der Waals surface area contributed by atoms with Crippen molar-refractivity contribution in [1.29, 1.82) is 0 Å². The van der Waals surface area contributed by atoms with Crippen LogP contribution in [-0.2, 0) is 13.7 Å². The zero-order valence-electron chi connectivity index (χ0n) is 14.6. The zero-order valence-corrected chi connectivity index (χ0v) is 14.6. The molecule has 3 heterocycles. The van der Waals surface area contributed by atoms with Gasteiger partial charge in [0.15, 0.2) is 0 Å². The first-order valence-corrected chi connectivity index (χ1v) is 8.17. The standard InChI is InChI=1S/C18H14FN5O4/c1-23-10(4-5-21-23)8-28-13-3-2-9(19)6-12(13)24-14(25)7-11-15(16(24)20)18(27)22-17(11)26/h2-7H,8,20H2,1H3,(H,22,26,27). The quantitative estimate of drug-likeness (QED) is 0.642. The molecule has 0 saturated heterocycles. The van der Waals surface area contributed by atoms with E-state index in [9.17, 15) is 18.8 Å². The van der Waals surface area contributed by atoms with E-state index in [-0.39, 0.29) is 35.0 Å². The van der Waals surface area contributed by atoms with Crippen LogP contribution in [0.25, 0.3) is 5.69 Å². The lowest BCUT2D eigenvalue weighted by Gasteiger charge is -2.16. The Hall–Kier alpha value is -3.95. The number of anilines is 1. The molecule has 0 unspecified atom stereocenters. The van der Waals surface area contributed by atoms with E-state index in [2.05, 4.69) is 10.4 Å². The molecule has 28 heavy (non-hydrogen) atoms. The van der Waals surface area contributed by atoms with Gasteiger partial charge in [-0.3, -0.25) is 28.9 Å². The minimum absolute atomic E-state index is 0.0135. The molecular formula is C18H14FN5O4. The molecule has 2 amide bonds. The van der Waals surface area contributed by atoms with Crippen LogP contribution in [0.2, 0.25) is 0 Å². The normalized spacial score (nSPS) is 12.8. The van der Waals surface area contributed by atoms with Gasteiger partial charge in [-0.25, -0.2) is 4.39 Å². The molecule has 0 radical (unpaired) electrons. The molecule has 3 N–H and O–H groups in total. The highest BCUT2D eigenvalue weighted by Gasteiger charge is 2.32. The summed E-state index contributed by atoms with van der Waals surface area (Å²) >= 11 is 0. The third kappa shape index (κ3) is 2.71. The molecule has 4 rings (SSSR count). The molecule has 0 atom stereocenters. The van der Waals surface area contributed by atoms with Crippen molar-refractivity contribution < 1.29 is 18.7 Å². The predicted octanol–water partition coefficient (Wildman–Crippen LogP) is 0.755. The van der Waals surface area contributed by atoms with Crippen LogP contribution in [0.3, 0.4) is 0 Å². The first-order valence-electron chi connectivity index (χ1n) is 8.17. The van der Waals surface area contributed by atoms with Crippen molar-refractivity contribution in [1.82, 2.24) is 19.7 Å². The number of nitrogens with one attached hydrogen (secondary N) is 1. The predicted molar refractivity (Wildman–Crippen MR) is 95.7 cm³/mol. The summed E-state index contributed by atoms with van der Waals surface area (Å²) in [7, 11) is 1.74. The van der Waals surface area contributed by atoms with E-state index in [1.807, 2.05) is 0 Å². The molecule has 0 bridgehead atoms. The summed E-state index contributed by atoms with van der Waals surface area (Å²) in [6.07, 6.45) is 1.60. The summed E-state index contributed by atoms with van der Waals surface area (Å²) in [5.74, 6) is -2.17. The number of imide groups is 1. The molecule has 3 aromatic rings. The third-order valence-corrected chi connectivity index (χ3v) is 4.41. The van der Waals surface area contributed by atoms with Crippen LogP contribution in [0.1, 0.15) is 26.4 Å². The van der Waals surface area contributed by atoms with Crippen LogP contribution in [0.15, 0.2) is 41.3 Å². The summed E-state index contributed by atoms with van der Waals surface area (Å²) in [5, 5.41) is 6.11. The number of nitrogens with two attached hydrogens (primary N) is 1. The minimum Gasteiger partial charge on any atom is -0.485 e. The number of ether oxygens (including phenoxy) is 1. The van der Waals surface area contributed by atoms with E-state index >= 15 is 0 Å². The number of benzene rings is 1. The highest BCUT2D eigenvalue weighted by atomic mass is 19.1. The summed E-state index contributed by atoms with van der Waals surface area (Å²) in [6.45, 7) is 0.105. The summed E-state index contributed by atoms with van der Waals surface area (Å²) in [4.78, 5) is 36.4. The van der Waals surface area contributed by atoms with Gasteiger partial charge >= 0.3 is 0 Å². The van der Waals surface area contributed by atoms with Crippen LogP contribution >= 0.6 is 0 Å². The number of pyridine rings is 1. The summed E-state index contributed by atoms with van der Waals surface area (Å²) < 4.78 is 22.2. The van der Waals surface area contributed by atoms with Crippen LogP contribution in [-0.4, -0.2) is 26.2 Å². The van der Waals surface area contributed by atoms with Crippen molar-refractivity contribution in [3.63, 3.8) is 0 Å². The van der Waals surface area contributed by atoms with E-state index < -0.39 is 23.2 Å². The molecule has 142 valence electrons. The fourth-order valence-electron chi connectivity index (χ4n) is 3.01. The molecular weight excluding hydrogens is 369 g/mol. The number of fused-ring (bicyclic) bond motifs is 1. The Morgan fingerprint density at radius 2 is 1.96 bits per heavy atom. The van der Waals surface area contributed by atoms with Crippen LogP contribution in [0.4, 0.5) is 10.2 Å². The second kappa shape index (κ2) is 6.34. The number of hydrogen-bond donors (Lipinski definition) is 2. The Balaban J connectivity index is 1.84. The van der Waals surface area contributed by atoms with Gasteiger partial charge < -0.3 is 10.5 Å². The summed E-state index contributed by atoms with van der Waals surface area (Å²) in [5.41, 5.74) is 5.83. The molecule has 0 fully saturated rings. The number of nitrogens with zero attached hydrogens (tertiary/aromatic N) is 3. The van der Waals surface area contributed by atoms with Crippen molar-refractivity contribution in [2.45, 2.75) is 6.61 Å². The van der Waals surface area contributed by atoms with Gasteiger partial charge in [0.2, 0.25) is 0 Å². The van der Waals surface area contributed by atoms with Crippen LogP contribution in [0, 0.1) is 5.82 Å². The number of rotatable bonds is 4. The number of halogens is 1. The van der Waals surface area contributed by atoms with E-state index in [1.165, 1.54) is 12.1 Å². The highest BCUT2D eigenvalue weighted by molar-refractivity contribution is 6.23. The maximum atomic E-state index is 13.9. The smallest absolute Gasteiger partial charge is 0.262 e. The first kappa shape index (κ1) is 17.5. The fourth-order valence-corrected chi connectivity index (χ4v) is 3.01. The Morgan fingerprint density at radius 1 is 1.18 bits per heavy atom. The molecule has 0 spiro atoms. The number of aromatic nitrogens is 3. The maximum Gasteiger partial charge on any atom is 0.262 e. The number of hydrogen-bond acceptors (Lipinski definition) is 6. The molecule has 1 aromatic carbocycles. The van der Waals surface area contributed by atoms with Crippen LogP contribution < -0.4 is 21.3 Å². The van der Waals surface area contributed by atoms with E-state index in [0.29, 0.717) is 0 Å². The molecule has 1 aliphatic heterocycles. The number of aryl methyl sites for hydroxylation is 1. The van der Waals surface area contributed by atoms with Crippen molar-refractivity contribution >= 4 is 17.6 Å². The van der Waals surface area contributed by atoms with Gasteiger partial charge in [0.05, 0.1) is 22.5 Å². The van der Waals surface area contributed by atoms with E-state index in [4.69, 9.17) is 10.5 Å². The van der Waals surface area contributed by atoms with Gasteiger partial charge in [-0.1, -0.05) is 0 Å². The van der Waals surface area contributed by atoms with Crippen LogP contribution in [0.5, 0.6) is 5.75 Å². The Kier molecular flexibility index (Phi) is 3.95. The van der Waals surface area contributed by atoms with Gasteiger partial charge in [0.1, 0.15) is 24.0 Å². The SMILES string of the molecule is Cn1nccc1COc1ccc(F)cc1-n1c(N)c2c(cc1=O)C(=O)NC2=O. The number of nitrogen functional groups attached to an aromatic ring is 1. The Bertz CT molecular complexity index is 1200. The van der Waals surface area contributed by atoms with E-state index in [0.717, 1.165) is 22.4 Å². The fraction of sp³-hybridized carbons (Fsp3) is 0.111. The molecule has 2 aromatic heterocycles. The highest BCUT2D eigenvalue weighted by Crippen LogP contribution is 2.29. The molecule has 9 nitrogen and oxygen atoms in total. The molecule has 0 aliphatic carbocycles. The average Bonchev–Trinajstić information content (AvgIpc) is 3.17. The molecule has 0 saturated carbocycles. The zero-order chi connectivity index (χ0) is 20.0. The number of amides is 2. The largest absolute Gasteiger partial charge is 0.485 e. The second-order valence-electron chi connectivity index (χ2n) is 6.12. The monoisotopic (exact) mass is 383 g/mol. The first-order chi connectivity index (χ1) is 13.4. The lowest BCUT2D eigenvalue weighted by atomic mass is 10.1. The van der Waals surface area contributed by atoms with Crippen molar-refractivity contribution in [3.8, 4) is 11.4 Å². The lowest BCUT2D eigenvalue weighted by molar-refractivity contribution is 0.0880. The van der Waals surface area contributed by atoms with Crippen molar-refractivity contribution in [2.75, 3.05) is 5.73 Å². The van der Waals surface area contributed by atoms with Crippen molar-refractivity contribution in [3.05, 3.63) is 69.5 Å². The van der Waals surface area contributed by atoms with E-state index in [1.54, 1.807) is 24.0 Å². The average molecular weight is 383 g/mol. The summed E-state index contributed by atoms with van der Waals surface area (Å²) in [6, 6.07) is 6.33. The number of carbonyl (C=O) groups is 2. The maximum absolute atomic E-state index is 13.9. The van der Waals surface area contributed by atoms with Gasteiger partial charge in [0, 0.05) is 25.4 Å².